The summed E-state index contributed by atoms with van der Waals surface area (Å²) in [6, 6.07) is 8.79. The molecule has 0 amide bonds. The highest BCUT2D eigenvalue weighted by Crippen LogP contribution is 2.28. The Morgan fingerprint density at radius 1 is 1.31 bits per heavy atom. The van der Waals surface area contributed by atoms with Crippen LogP contribution in [0.3, 0.4) is 0 Å². The van der Waals surface area contributed by atoms with E-state index in [-0.39, 0.29) is 0 Å². The Labute approximate surface area is 96.2 Å². The Kier molecular flexibility index (Phi) is 3.27. The molecule has 0 spiro atoms. The van der Waals surface area contributed by atoms with Crippen LogP contribution in [0.2, 0.25) is 0 Å². The van der Waals surface area contributed by atoms with Crippen LogP contribution in [0.1, 0.15) is 18.0 Å². The maximum atomic E-state index is 5.68. The van der Waals surface area contributed by atoms with Crippen LogP contribution in [-0.4, -0.2) is 30.5 Å². The van der Waals surface area contributed by atoms with Crippen LogP contribution in [0.5, 0.6) is 0 Å². The van der Waals surface area contributed by atoms with E-state index in [4.69, 9.17) is 5.73 Å². The van der Waals surface area contributed by atoms with Crippen LogP contribution in [0.25, 0.3) is 10.9 Å². The minimum absolute atomic E-state index is 0.390. The summed E-state index contributed by atoms with van der Waals surface area (Å²) in [5, 5.41) is 1.30. The first-order valence-electron chi connectivity index (χ1n) is 5.66. The van der Waals surface area contributed by atoms with Gasteiger partial charge in [0.1, 0.15) is 0 Å². The van der Waals surface area contributed by atoms with Crippen molar-refractivity contribution in [2.24, 2.45) is 5.73 Å². The van der Waals surface area contributed by atoms with Gasteiger partial charge in [-0.15, -0.1) is 0 Å². The molecule has 3 heteroatoms. The lowest BCUT2D eigenvalue weighted by atomic mass is 10.0. The predicted octanol–water partition coefficient (Wildman–Crippen LogP) is 2.12. The summed E-state index contributed by atoms with van der Waals surface area (Å²) in [5.41, 5.74) is 8.22. The molecule has 3 N–H and O–H groups in total. The van der Waals surface area contributed by atoms with E-state index >= 15 is 0 Å². The van der Waals surface area contributed by atoms with Crippen LogP contribution in [-0.2, 0) is 0 Å². The van der Waals surface area contributed by atoms with Crippen molar-refractivity contribution in [1.29, 1.82) is 0 Å². The molecular weight excluding hydrogens is 198 g/mol. The minimum atomic E-state index is 0.390. The van der Waals surface area contributed by atoms with E-state index in [2.05, 4.69) is 54.4 Å². The largest absolute Gasteiger partial charge is 0.361 e. The van der Waals surface area contributed by atoms with Crippen molar-refractivity contribution in [1.82, 2.24) is 9.88 Å². The van der Waals surface area contributed by atoms with Crippen molar-refractivity contribution in [2.45, 2.75) is 12.5 Å². The first-order chi connectivity index (χ1) is 7.74. The average Bonchev–Trinajstić information content (AvgIpc) is 2.69. The van der Waals surface area contributed by atoms with Gasteiger partial charge in [-0.2, -0.15) is 0 Å². The number of hydrogen-bond acceptors (Lipinski definition) is 2. The fraction of sp³-hybridized carbons (Fsp3) is 0.385. The number of H-pyrrole nitrogens is 1. The lowest BCUT2D eigenvalue weighted by Gasteiger charge is -2.23. The second kappa shape index (κ2) is 4.68. The summed E-state index contributed by atoms with van der Waals surface area (Å²) in [4.78, 5) is 5.54. The van der Waals surface area contributed by atoms with Crippen LogP contribution in [0.15, 0.2) is 30.5 Å². The van der Waals surface area contributed by atoms with E-state index in [0.717, 1.165) is 6.42 Å². The molecule has 0 bridgehead atoms. The molecule has 0 aliphatic rings. The third kappa shape index (κ3) is 1.96. The number of benzene rings is 1. The number of aromatic amines is 1. The van der Waals surface area contributed by atoms with Crippen molar-refractivity contribution in [3.8, 4) is 0 Å². The van der Waals surface area contributed by atoms with Gasteiger partial charge in [0, 0.05) is 23.1 Å². The first-order valence-corrected chi connectivity index (χ1v) is 5.66. The van der Waals surface area contributed by atoms with Crippen molar-refractivity contribution in [3.63, 3.8) is 0 Å². The molecule has 0 aliphatic heterocycles. The molecule has 0 saturated carbocycles. The second-order valence-corrected chi connectivity index (χ2v) is 4.35. The van der Waals surface area contributed by atoms with E-state index in [9.17, 15) is 0 Å². The zero-order chi connectivity index (χ0) is 11.5. The van der Waals surface area contributed by atoms with E-state index in [1.54, 1.807) is 0 Å². The van der Waals surface area contributed by atoms with Gasteiger partial charge >= 0.3 is 0 Å². The molecule has 3 nitrogen and oxygen atoms in total. The fourth-order valence-corrected chi connectivity index (χ4v) is 2.22. The zero-order valence-corrected chi connectivity index (χ0v) is 9.90. The maximum absolute atomic E-state index is 5.68. The summed E-state index contributed by atoms with van der Waals surface area (Å²) < 4.78 is 0. The van der Waals surface area contributed by atoms with E-state index in [1.807, 2.05) is 0 Å². The molecular formula is C13H19N3. The lowest BCUT2D eigenvalue weighted by molar-refractivity contribution is 0.289. The van der Waals surface area contributed by atoms with Gasteiger partial charge in [-0.05, 0) is 38.7 Å². The lowest BCUT2D eigenvalue weighted by Crippen LogP contribution is -2.22. The van der Waals surface area contributed by atoms with Crippen LogP contribution < -0.4 is 5.73 Å². The third-order valence-corrected chi connectivity index (χ3v) is 3.04. The van der Waals surface area contributed by atoms with Gasteiger partial charge in [0.2, 0.25) is 0 Å². The van der Waals surface area contributed by atoms with E-state index < -0.39 is 0 Å². The highest BCUT2D eigenvalue weighted by atomic mass is 15.1. The third-order valence-electron chi connectivity index (χ3n) is 3.04. The first kappa shape index (κ1) is 11.2. The fourth-order valence-electron chi connectivity index (χ4n) is 2.22. The van der Waals surface area contributed by atoms with E-state index in [0.29, 0.717) is 12.6 Å². The number of para-hydroxylation sites is 1. The number of nitrogens with one attached hydrogen (secondary N) is 1. The van der Waals surface area contributed by atoms with Gasteiger partial charge in [0.05, 0.1) is 0 Å². The number of rotatable bonds is 4. The van der Waals surface area contributed by atoms with Crippen LogP contribution in [0, 0.1) is 0 Å². The summed E-state index contributed by atoms with van der Waals surface area (Å²) in [6.45, 7) is 0.711. The number of nitrogens with zero attached hydrogens (tertiary/aromatic N) is 1. The van der Waals surface area contributed by atoms with Gasteiger partial charge in [0.15, 0.2) is 0 Å². The molecule has 2 aromatic rings. The molecule has 0 fully saturated rings. The Balaban J connectivity index is 2.44. The number of nitrogens with two attached hydrogens (primary N) is 1. The number of aromatic nitrogens is 1. The number of fused-ring (bicyclic) bond motifs is 1. The highest BCUT2D eigenvalue weighted by molar-refractivity contribution is 5.83. The molecule has 1 aromatic heterocycles. The molecule has 2 rings (SSSR count). The molecule has 1 aromatic carbocycles. The van der Waals surface area contributed by atoms with Gasteiger partial charge < -0.3 is 15.6 Å². The zero-order valence-electron chi connectivity index (χ0n) is 9.90. The SMILES string of the molecule is CN(C)C(CCN)c1c[nH]c2ccccc12. The predicted molar refractivity (Wildman–Crippen MR) is 68.4 cm³/mol. The molecule has 0 aliphatic carbocycles. The quantitative estimate of drug-likeness (QED) is 0.824. The summed E-state index contributed by atoms with van der Waals surface area (Å²) in [5.74, 6) is 0. The Morgan fingerprint density at radius 3 is 2.75 bits per heavy atom. The molecule has 0 saturated heterocycles. The molecule has 1 atom stereocenters. The van der Waals surface area contributed by atoms with Crippen molar-refractivity contribution in [3.05, 3.63) is 36.0 Å². The maximum Gasteiger partial charge on any atom is 0.0457 e. The van der Waals surface area contributed by atoms with Gasteiger partial charge in [0.25, 0.3) is 0 Å². The monoisotopic (exact) mass is 217 g/mol. The molecule has 1 unspecified atom stereocenters. The van der Waals surface area contributed by atoms with Crippen molar-refractivity contribution < 1.29 is 0 Å². The van der Waals surface area contributed by atoms with Gasteiger partial charge in [-0.25, -0.2) is 0 Å². The summed E-state index contributed by atoms with van der Waals surface area (Å²) in [6.07, 6.45) is 3.08. The molecule has 86 valence electrons. The molecule has 16 heavy (non-hydrogen) atoms. The van der Waals surface area contributed by atoms with Gasteiger partial charge in [-0.1, -0.05) is 18.2 Å². The Morgan fingerprint density at radius 2 is 2.06 bits per heavy atom. The second-order valence-electron chi connectivity index (χ2n) is 4.35. The Bertz CT molecular complexity index is 459. The van der Waals surface area contributed by atoms with Crippen molar-refractivity contribution >= 4 is 10.9 Å². The van der Waals surface area contributed by atoms with E-state index in [1.165, 1.54) is 16.5 Å². The topological polar surface area (TPSA) is 45.0 Å². The summed E-state index contributed by atoms with van der Waals surface area (Å²) >= 11 is 0. The summed E-state index contributed by atoms with van der Waals surface area (Å²) in [7, 11) is 4.20. The molecule has 0 radical (unpaired) electrons. The standard InChI is InChI=1S/C13H19N3/c1-16(2)13(7-8-14)11-9-15-12-6-4-3-5-10(11)12/h3-6,9,13,15H,7-8,14H2,1-2H3. The number of hydrogen-bond donors (Lipinski definition) is 2. The van der Waals surface area contributed by atoms with Crippen molar-refractivity contribution in [2.75, 3.05) is 20.6 Å². The molecule has 1 heterocycles. The smallest absolute Gasteiger partial charge is 0.0457 e. The minimum Gasteiger partial charge on any atom is -0.361 e. The highest BCUT2D eigenvalue weighted by Gasteiger charge is 2.16. The Hall–Kier alpha value is -1.32. The van der Waals surface area contributed by atoms with Crippen LogP contribution in [0.4, 0.5) is 0 Å². The average molecular weight is 217 g/mol. The normalized spacial score (nSPS) is 13.5. The van der Waals surface area contributed by atoms with Crippen LogP contribution >= 0.6 is 0 Å². The van der Waals surface area contributed by atoms with Gasteiger partial charge in [-0.3, -0.25) is 0 Å².